The van der Waals surface area contributed by atoms with Gasteiger partial charge in [-0.25, -0.2) is 4.57 Å². The Bertz CT molecular complexity index is 1140. The van der Waals surface area contributed by atoms with E-state index >= 15 is 0 Å². The number of thioether (sulfide) groups is 1. The number of aromatic nitrogens is 2. The van der Waals surface area contributed by atoms with Crippen molar-refractivity contribution in [2.24, 2.45) is 22.6 Å². The molecule has 4 atom stereocenters. The third-order valence-electron chi connectivity index (χ3n) is 6.15. The standard InChI is InChI=1S/C21H27N5O4S2/c1-10-14(17(21(29)30)26-16(10)15(11(2)27)18(26)28)13-8-25-9-24(7-5-6-23-12(3)22)19(31-4)20(25)32-13/h8-11,15-16,27H,5-7H2,1-4H3,(H2-,22,23,29,30)/t10-,11+,15+,16+/m0/s1. The molecule has 2 aromatic rings. The zero-order chi connectivity index (χ0) is 23.3. The first-order chi connectivity index (χ1) is 15.2. The number of hydrogen-bond donors (Lipinski definition) is 2. The van der Waals surface area contributed by atoms with Crippen LogP contribution in [0.25, 0.3) is 10.4 Å². The smallest absolute Gasteiger partial charge is 0.250 e. The van der Waals surface area contributed by atoms with E-state index in [0.717, 1.165) is 27.7 Å². The SMILES string of the molecule is CSc1c2sc(C3=C(C(=O)[O-])N4C(=O)[C@H]([C@@H](C)O)[C@H]4[C@H]3C)cn2c[n+]1CCCN=C(C)N. The number of aliphatic imine (C=N–C) groups is 1. The van der Waals surface area contributed by atoms with Gasteiger partial charge in [0.25, 0.3) is 6.33 Å². The lowest BCUT2D eigenvalue weighted by Gasteiger charge is -2.47. The molecule has 0 radical (unpaired) electrons. The molecule has 4 rings (SSSR count). The van der Waals surface area contributed by atoms with Crippen molar-refractivity contribution in [2.75, 3.05) is 12.8 Å². The van der Waals surface area contributed by atoms with Gasteiger partial charge in [0, 0.05) is 24.5 Å². The molecule has 32 heavy (non-hydrogen) atoms. The molecule has 1 saturated heterocycles. The molecule has 0 unspecified atom stereocenters. The third-order valence-corrected chi connectivity index (χ3v) is 8.23. The molecular weight excluding hydrogens is 450 g/mol. The maximum absolute atomic E-state index is 12.6. The predicted molar refractivity (Wildman–Crippen MR) is 121 cm³/mol. The topological polar surface area (TPSA) is 127 Å². The second-order valence-corrected chi connectivity index (χ2v) is 10.1. The highest BCUT2D eigenvalue weighted by molar-refractivity contribution is 7.98. The molecule has 2 aromatic heterocycles. The van der Waals surface area contributed by atoms with Crippen LogP contribution in [-0.4, -0.2) is 57.1 Å². The van der Waals surface area contributed by atoms with Crippen LogP contribution in [0.4, 0.5) is 0 Å². The minimum absolute atomic E-state index is 0.0671. The molecule has 3 N–H and O–H groups in total. The number of rotatable bonds is 8. The number of amidine groups is 1. The van der Waals surface area contributed by atoms with Gasteiger partial charge < -0.3 is 25.6 Å². The van der Waals surface area contributed by atoms with Crippen LogP contribution >= 0.6 is 23.1 Å². The van der Waals surface area contributed by atoms with Crippen LogP contribution in [0.1, 0.15) is 32.1 Å². The summed E-state index contributed by atoms with van der Waals surface area (Å²) in [7, 11) is 0. The van der Waals surface area contributed by atoms with Gasteiger partial charge in [-0.05, 0) is 20.1 Å². The molecule has 4 heterocycles. The molecule has 1 fully saturated rings. The predicted octanol–water partition coefficient (Wildman–Crippen LogP) is 0.0959. The van der Waals surface area contributed by atoms with E-state index in [2.05, 4.69) is 9.56 Å². The minimum Gasteiger partial charge on any atom is -0.543 e. The van der Waals surface area contributed by atoms with E-state index in [1.165, 1.54) is 16.2 Å². The quantitative estimate of drug-likeness (QED) is 0.139. The van der Waals surface area contributed by atoms with Crippen LogP contribution in [0.5, 0.6) is 0 Å². The summed E-state index contributed by atoms with van der Waals surface area (Å²) in [5.74, 6) is -1.95. The summed E-state index contributed by atoms with van der Waals surface area (Å²) in [5.41, 5.74) is 6.13. The van der Waals surface area contributed by atoms with E-state index in [9.17, 15) is 19.8 Å². The number of aliphatic hydroxyl groups excluding tert-OH is 1. The number of aliphatic carboxylic acids is 1. The number of imidazole rings is 1. The van der Waals surface area contributed by atoms with E-state index in [0.29, 0.717) is 18.0 Å². The van der Waals surface area contributed by atoms with Crippen molar-refractivity contribution in [3.63, 3.8) is 0 Å². The van der Waals surface area contributed by atoms with E-state index in [-0.39, 0.29) is 23.6 Å². The molecular formula is C21H27N5O4S2. The van der Waals surface area contributed by atoms with Crippen molar-refractivity contribution < 1.29 is 24.4 Å². The van der Waals surface area contributed by atoms with Crippen molar-refractivity contribution >= 4 is 51.2 Å². The Morgan fingerprint density at radius 3 is 2.81 bits per heavy atom. The summed E-state index contributed by atoms with van der Waals surface area (Å²) in [4.78, 5) is 31.9. The van der Waals surface area contributed by atoms with Crippen LogP contribution in [0.2, 0.25) is 0 Å². The molecule has 0 aliphatic carbocycles. The Hall–Kier alpha value is -2.37. The fourth-order valence-electron chi connectivity index (χ4n) is 4.80. The molecule has 1 amide bonds. The number of nitrogens with zero attached hydrogens (tertiary/aromatic N) is 4. The van der Waals surface area contributed by atoms with Crippen molar-refractivity contribution in [3.8, 4) is 0 Å². The first-order valence-corrected chi connectivity index (χ1v) is 12.5. The number of hydrogen-bond acceptors (Lipinski definition) is 7. The molecule has 2 aliphatic rings. The molecule has 0 bridgehead atoms. The monoisotopic (exact) mass is 477 g/mol. The van der Waals surface area contributed by atoms with Crippen molar-refractivity contribution in [2.45, 2.75) is 50.9 Å². The number of carbonyl (C=O) groups excluding carboxylic acids is 2. The van der Waals surface area contributed by atoms with Crippen LogP contribution in [0.3, 0.4) is 0 Å². The van der Waals surface area contributed by atoms with Crippen LogP contribution in [-0.2, 0) is 16.1 Å². The Balaban J connectivity index is 1.69. The number of carboxylic acid groups (broad SMARTS) is 1. The summed E-state index contributed by atoms with van der Waals surface area (Å²) in [5, 5.41) is 23.1. The van der Waals surface area contributed by atoms with E-state index in [1.807, 2.05) is 30.1 Å². The lowest BCUT2D eigenvalue weighted by atomic mass is 9.77. The van der Waals surface area contributed by atoms with Gasteiger partial charge in [-0.3, -0.25) is 9.79 Å². The summed E-state index contributed by atoms with van der Waals surface area (Å²) >= 11 is 3.13. The maximum Gasteiger partial charge on any atom is 0.250 e. The number of aliphatic hydroxyl groups is 1. The fraction of sp³-hybridized carbons (Fsp3) is 0.524. The molecule has 172 valence electrons. The highest BCUT2D eigenvalue weighted by Gasteiger charge is 2.59. The minimum atomic E-state index is -1.36. The maximum atomic E-state index is 12.6. The third kappa shape index (κ3) is 3.52. The van der Waals surface area contributed by atoms with Gasteiger partial charge in [-0.15, -0.1) is 0 Å². The highest BCUT2D eigenvalue weighted by atomic mass is 32.2. The van der Waals surface area contributed by atoms with Gasteiger partial charge in [0.05, 0.1) is 47.0 Å². The van der Waals surface area contributed by atoms with Crippen LogP contribution < -0.4 is 15.4 Å². The number of carbonyl (C=O) groups is 2. The summed E-state index contributed by atoms with van der Waals surface area (Å²) in [6, 6.07) is -0.358. The number of fused-ring (bicyclic) bond motifs is 2. The Kier molecular flexibility index (Phi) is 6.08. The second-order valence-electron chi connectivity index (χ2n) is 8.31. The van der Waals surface area contributed by atoms with Gasteiger partial charge in [-0.1, -0.05) is 30.0 Å². The second kappa shape index (κ2) is 8.53. The number of thiazole rings is 1. The largest absolute Gasteiger partial charge is 0.543 e. The summed E-state index contributed by atoms with van der Waals surface area (Å²) in [6.07, 6.45) is 5.95. The normalized spacial score (nSPS) is 24.3. The molecule has 11 heteroatoms. The van der Waals surface area contributed by atoms with Crippen molar-refractivity contribution in [1.29, 1.82) is 0 Å². The molecule has 0 aromatic carbocycles. The average molecular weight is 478 g/mol. The lowest BCUT2D eigenvalue weighted by Crippen LogP contribution is -2.64. The molecule has 0 spiro atoms. The lowest BCUT2D eigenvalue weighted by molar-refractivity contribution is -0.729. The number of amides is 1. The van der Waals surface area contributed by atoms with Crippen molar-refractivity contribution in [1.82, 2.24) is 9.30 Å². The fourth-order valence-corrected chi connectivity index (χ4v) is 7.01. The Morgan fingerprint density at radius 1 is 1.50 bits per heavy atom. The van der Waals surface area contributed by atoms with E-state index in [4.69, 9.17) is 5.73 Å². The van der Waals surface area contributed by atoms with Crippen LogP contribution in [0, 0.1) is 11.8 Å². The van der Waals surface area contributed by atoms with Gasteiger partial charge >= 0.3 is 0 Å². The first-order valence-electron chi connectivity index (χ1n) is 10.5. The Labute approximate surface area is 194 Å². The summed E-state index contributed by atoms with van der Waals surface area (Å²) in [6.45, 7) is 6.71. The zero-order valence-corrected chi connectivity index (χ0v) is 20.1. The van der Waals surface area contributed by atoms with Gasteiger partial charge in [0.2, 0.25) is 15.8 Å². The summed E-state index contributed by atoms with van der Waals surface area (Å²) < 4.78 is 4.16. The first kappa shape index (κ1) is 22.8. The van der Waals surface area contributed by atoms with Crippen LogP contribution in [0.15, 0.2) is 28.2 Å². The van der Waals surface area contributed by atoms with E-state index in [1.54, 1.807) is 25.6 Å². The number of carboxylic acids is 1. The zero-order valence-electron chi connectivity index (χ0n) is 18.4. The van der Waals surface area contributed by atoms with Gasteiger partial charge in [0.15, 0.2) is 0 Å². The number of aryl methyl sites for hydroxylation is 1. The molecule has 2 aliphatic heterocycles. The Morgan fingerprint density at radius 2 is 2.22 bits per heavy atom. The van der Waals surface area contributed by atoms with E-state index < -0.39 is 18.0 Å². The number of nitrogens with two attached hydrogens (primary N) is 1. The molecule has 9 nitrogen and oxygen atoms in total. The average Bonchev–Trinajstić information content (AvgIpc) is 3.32. The number of β-lactam (4-membered cyclic amide) rings is 1. The van der Waals surface area contributed by atoms with Crippen molar-refractivity contribution in [3.05, 3.63) is 23.1 Å². The molecule has 0 saturated carbocycles. The highest BCUT2D eigenvalue weighted by Crippen LogP contribution is 2.51. The van der Waals surface area contributed by atoms with Gasteiger partial charge in [0.1, 0.15) is 6.20 Å². The van der Waals surface area contributed by atoms with Gasteiger partial charge in [-0.2, -0.15) is 4.40 Å².